The van der Waals surface area contributed by atoms with E-state index in [9.17, 15) is 9.59 Å². The topological polar surface area (TPSA) is 65.1 Å². The van der Waals surface area contributed by atoms with Gasteiger partial charge in [0.2, 0.25) is 5.91 Å². The number of carbonyl (C=O) groups excluding carboxylic acids is 1. The summed E-state index contributed by atoms with van der Waals surface area (Å²) in [7, 11) is 0. The van der Waals surface area contributed by atoms with Crippen molar-refractivity contribution in [2.24, 2.45) is 5.73 Å². The largest absolute Gasteiger partial charge is 0.370 e. The number of aryl methyl sites for hydroxylation is 1. The van der Waals surface area contributed by atoms with Crippen molar-refractivity contribution in [1.82, 2.24) is 4.57 Å². The van der Waals surface area contributed by atoms with Gasteiger partial charge in [-0.25, -0.2) is 0 Å². The average Bonchev–Trinajstić information content (AvgIpc) is 2.47. The van der Waals surface area contributed by atoms with Crippen molar-refractivity contribution in [1.29, 1.82) is 0 Å². The summed E-state index contributed by atoms with van der Waals surface area (Å²) < 4.78 is 1.63. The van der Waals surface area contributed by atoms with Crippen LogP contribution in [0.15, 0.2) is 53.3 Å². The number of carbonyl (C=O) groups is 1. The average molecular weight is 266 g/mol. The second-order valence-electron chi connectivity index (χ2n) is 4.74. The number of para-hydroxylation sites is 1. The van der Waals surface area contributed by atoms with Crippen molar-refractivity contribution in [3.05, 3.63) is 58.9 Å². The number of benzene rings is 2. The molecule has 1 amide bonds. The fourth-order valence-corrected chi connectivity index (χ4v) is 2.54. The SMILES string of the molecule is NC(=O)CCn1c(=O)c2ccccc2c2ccccc21. The van der Waals surface area contributed by atoms with Gasteiger partial charge in [-0.05, 0) is 17.5 Å². The van der Waals surface area contributed by atoms with Gasteiger partial charge in [-0.15, -0.1) is 0 Å². The minimum Gasteiger partial charge on any atom is -0.370 e. The van der Waals surface area contributed by atoms with Crippen LogP contribution in [0.5, 0.6) is 0 Å². The molecule has 0 spiro atoms. The summed E-state index contributed by atoms with van der Waals surface area (Å²) >= 11 is 0. The van der Waals surface area contributed by atoms with E-state index in [1.807, 2.05) is 48.5 Å². The summed E-state index contributed by atoms with van der Waals surface area (Å²) in [5, 5.41) is 2.60. The van der Waals surface area contributed by atoms with Crippen molar-refractivity contribution >= 4 is 27.6 Å². The van der Waals surface area contributed by atoms with Crippen LogP contribution in [0, 0.1) is 0 Å². The summed E-state index contributed by atoms with van der Waals surface area (Å²) in [5.41, 5.74) is 5.94. The van der Waals surface area contributed by atoms with E-state index in [0.717, 1.165) is 16.3 Å². The number of nitrogens with zero attached hydrogens (tertiary/aromatic N) is 1. The third-order valence-corrected chi connectivity index (χ3v) is 3.47. The van der Waals surface area contributed by atoms with Crippen LogP contribution >= 0.6 is 0 Å². The molecule has 2 N–H and O–H groups in total. The van der Waals surface area contributed by atoms with Crippen molar-refractivity contribution in [2.75, 3.05) is 0 Å². The predicted molar refractivity (Wildman–Crippen MR) is 79.5 cm³/mol. The zero-order valence-electron chi connectivity index (χ0n) is 10.9. The molecule has 2 aromatic carbocycles. The number of hydrogen-bond donors (Lipinski definition) is 1. The number of pyridine rings is 1. The van der Waals surface area contributed by atoms with E-state index in [1.165, 1.54) is 0 Å². The highest BCUT2D eigenvalue weighted by molar-refractivity contribution is 6.05. The van der Waals surface area contributed by atoms with Gasteiger partial charge < -0.3 is 10.3 Å². The Morgan fingerprint density at radius 1 is 0.950 bits per heavy atom. The fraction of sp³-hybridized carbons (Fsp3) is 0.125. The van der Waals surface area contributed by atoms with Crippen LogP contribution in [0.4, 0.5) is 0 Å². The van der Waals surface area contributed by atoms with Gasteiger partial charge in [0.05, 0.1) is 5.52 Å². The van der Waals surface area contributed by atoms with E-state index in [0.29, 0.717) is 11.9 Å². The van der Waals surface area contributed by atoms with E-state index < -0.39 is 5.91 Å². The Labute approximate surface area is 115 Å². The molecule has 100 valence electrons. The summed E-state index contributed by atoms with van der Waals surface area (Å²) in [6, 6.07) is 15.2. The van der Waals surface area contributed by atoms with E-state index >= 15 is 0 Å². The molecule has 1 aromatic heterocycles. The normalized spacial score (nSPS) is 11.0. The number of nitrogens with two attached hydrogens (primary N) is 1. The Hall–Kier alpha value is -2.62. The quantitative estimate of drug-likeness (QED) is 0.737. The van der Waals surface area contributed by atoms with E-state index in [4.69, 9.17) is 5.73 Å². The molecule has 0 bridgehead atoms. The number of primary amides is 1. The first kappa shape index (κ1) is 12.4. The Bertz CT molecular complexity index is 865. The van der Waals surface area contributed by atoms with Crippen LogP contribution in [0.2, 0.25) is 0 Å². The maximum atomic E-state index is 12.6. The van der Waals surface area contributed by atoms with Crippen LogP contribution in [-0.4, -0.2) is 10.5 Å². The van der Waals surface area contributed by atoms with E-state index in [-0.39, 0.29) is 12.0 Å². The van der Waals surface area contributed by atoms with Crippen LogP contribution < -0.4 is 11.3 Å². The highest BCUT2D eigenvalue weighted by Gasteiger charge is 2.10. The first-order valence-corrected chi connectivity index (χ1v) is 6.47. The molecule has 0 aliphatic heterocycles. The Balaban J connectivity index is 2.38. The molecule has 20 heavy (non-hydrogen) atoms. The minimum atomic E-state index is -0.408. The van der Waals surface area contributed by atoms with Crippen LogP contribution in [0.1, 0.15) is 6.42 Å². The summed E-state index contributed by atoms with van der Waals surface area (Å²) in [6.45, 7) is 0.305. The molecule has 4 heteroatoms. The lowest BCUT2D eigenvalue weighted by atomic mass is 10.1. The molecule has 0 atom stereocenters. The lowest BCUT2D eigenvalue weighted by Gasteiger charge is -2.12. The van der Waals surface area contributed by atoms with Crippen molar-refractivity contribution < 1.29 is 4.79 Å². The molecule has 4 nitrogen and oxygen atoms in total. The maximum Gasteiger partial charge on any atom is 0.258 e. The molecule has 1 heterocycles. The summed E-state index contributed by atoms with van der Waals surface area (Å²) in [6.07, 6.45) is 0.155. The lowest BCUT2D eigenvalue weighted by Crippen LogP contribution is -2.24. The minimum absolute atomic E-state index is 0.0828. The Morgan fingerprint density at radius 2 is 1.55 bits per heavy atom. The van der Waals surface area contributed by atoms with Gasteiger partial charge in [-0.2, -0.15) is 0 Å². The number of amides is 1. The molecule has 0 aliphatic carbocycles. The van der Waals surface area contributed by atoms with Gasteiger partial charge in [0, 0.05) is 23.7 Å². The van der Waals surface area contributed by atoms with Crippen molar-refractivity contribution in [3.8, 4) is 0 Å². The standard InChI is InChI=1S/C16H14N2O2/c17-15(19)9-10-18-14-8-4-3-6-12(14)11-5-1-2-7-13(11)16(18)20/h1-8H,9-10H2,(H2,17,19). The molecule has 0 saturated carbocycles. The van der Waals surface area contributed by atoms with Gasteiger partial charge in [-0.3, -0.25) is 9.59 Å². The lowest BCUT2D eigenvalue weighted by molar-refractivity contribution is -0.118. The predicted octanol–water partition coefficient (Wildman–Crippen LogP) is 2.03. The second-order valence-corrected chi connectivity index (χ2v) is 4.74. The molecule has 0 fully saturated rings. The summed E-state index contributed by atoms with van der Waals surface area (Å²) in [4.78, 5) is 23.6. The highest BCUT2D eigenvalue weighted by Crippen LogP contribution is 2.22. The monoisotopic (exact) mass is 266 g/mol. The Morgan fingerprint density at radius 3 is 2.25 bits per heavy atom. The Kier molecular flexibility index (Phi) is 2.99. The molecule has 0 unspecified atom stereocenters. The third kappa shape index (κ3) is 1.95. The van der Waals surface area contributed by atoms with E-state index in [1.54, 1.807) is 4.57 Å². The molecule has 0 saturated heterocycles. The number of aromatic nitrogens is 1. The molecule has 3 rings (SSSR count). The molecule has 0 aliphatic rings. The van der Waals surface area contributed by atoms with Crippen molar-refractivity contribution in [3.63, 3.8) is 0 Å². The molecule has 0 radical (unpaired) electrons. The van der Waals surface area contributed by atoms with E-state index in [2.05, 4.69) is 0 Å². The highest BCUT2D eigenvalue weighted by atomic mass is 16.1. The number of fused-ring (bicyclic) bond motifs is 3. The maximum absolute atomic E-state index is 12.6. The first-order valence-electron chi connectivity index (χ1n) is 6.47. The van der Waals surface area contributed by atoms with Gasteiger partial charge in [0.15, 0.2) is 0 Å². The van der Waals surface area contributed by atoms with Crippen LogP contribution in [0.25, 0.3) is 21.7 Å². The smallest absolute Gasteiger partial charge is 0.258 e. The van der Waals surface area contributed by atoms with Crippen LogP contribution in [0.3, 0.4) is 0 Å². The van der Waals surface area contributed by atoms with Crippen LogP contribution in [-0.2, 0) is 11.3 Å². The zero-order valence-corrected chi connectivity index (χ0v) is 10.9. The van der Waals surface area contributed by atoms with Gasteiger partial charge in [-0.1, -0.05) is 36.4 Å². The summed E-state index contributed by atoms with van der Waals surface area (Å²) in [5.74, 6) is -0.408. The zero-order chi connectivity index (χ0) is 14.1. The molecule has 3 aromatic rings. The molecular weight excluding hydrogens is 252 g/mol. The second kappa shape index (κ2) is 4.81. The first-order chi connectivity index (χ1) is 9.68. The van der Waals surface area contributed by atoms with Gasteiger partial charge in [0.25, 0.3) is 5.56 Å². The third-order valence-electron chi connectivity index (χ3n) is 3.47. The van der Waals surface area contributed by atoms with Crippen molar-refractivity contribution in [2.45, 2.75) is 13.0 Å². The number of rotatable bonds is 3. The number of hydrogen-bond acceptors (Lipinski definition) is 2. The molecular formula is C16H14N2O2. The fourth-order valence-electron chi connectivity index (χ4n) is 2.54. The van der Waals surface area contributed by atoms with Gasteiger partial charge >= 0.3 is 0 Å². The van der Waals surface area contributed by atoms with Gasteiger partial charge in [0.1, 0.15) is 0 Å².